The summed E-state index contributed by atoms with van der Waals surface area (Å²) < 4.78 is 11.1. The zero-order valence-electron chi connectivity index (χ0n) is 29.3. The summed E-state index contributed by atoms with van der Waals surface area (Å²) in [5.41, 5.74) is 6.58. The Hall–Kier alpha value is -4.95. The number of aromatic hydroxyl groups is 1. The summed E-state index contributed by atoms with van der Waals surface area (Å²) in [7, 11) is 1.44. The average Bonchev–Trinajstić information content (AvgIpc) is 3.60. The molecule has 3 amide bonds. The van der Waals surface area contributed by atoms with Crippen LogP contribution in [0, 0.1) is 13.8 Å². The van der Waals surface area contributed by atoms with Gasteiger partial charge in [-0.1, -0.05) is 41.1 Å². The number of aromatic nitrogens is 3. The molecule has 3 heterocycles. The fourth-order valence-corrected chi connectivity index (χ4v) is 6.49. The van der Waals surface area contributed by atoms with Crippen LogP contribution in [0.4, 0.5) is 28.1 Å². The molecule has 0 spiro atoms. The molecule has 1 unspecified atom stereocenters. The van der Waals surface area contributed by atoms with Gasteiger partial charge in [0.2, 0.25) is 12.3 Å². The van der Waals surface area contributed by atoms with E-state index in [0.29, 0.717) is 58.6 Å². The highest BCUT2D eigenvalue weighted by atomic mass is 35.5. The molecule has 282 valence electrons. The zero-order valence-corrected chi connectivity index (χ0v) is 30.9. The van der Waals surface area contributed by atoms with Gasteiger partial charge >= 0.3 is 0 Å². The number of anilines is 5. The topological polar surface area (TPSA) is 229 Å². The number of rotatable bonds is 16. The monoisotopic (exact) mass is 768 g/mol. The van der Waals surface area contributed by atoms with E-state index in [9.17, 15) is 24.6 Å². The Kier molecular flexibility index (Phi) is 13.5. The molecule has 1 saturated heterocycles. The molecule has 0 saturated carbocycles. The third-order valence-electron chi connectivity index (χ3n) is 8.22. The molecule has 5 rings (SSSR count). The Balaban J connectivity index is 1.06. The molecule has 1 fully saturated rings. The van der Waals surface area contributed by atoms with E-state index in [1.807, 2.05) is 32.0 Å². The molecule has 0 radical (unpaired) electrons. The maximum Gasteiger partial charge on any atom is 0.267 e. The molecule has 1 aliphatic rings. The number of primary amides is 1. The fourth-order valence-electron chi connectivity index (χ4n) is 5.50. The molecular formula is C34H41ClN10O7S. The second kappa shape index (κ2) is 18.2. The lowest BCUT2D eigenvalue weighted by Gasteiger charge is -2.35. The second-order valence-corrected chi connectivity index (χ2v) is 13.4. The number of aryl methyl sites for hydroxylation is 2. The van der Waals surface area contributed by atoms with Gasteiger partial charge in [0.25, 0.3) is 11.8 Å². The third kappa shape index (κ3) is 10.4. The highest BCUT2D eigenvalue weighted by molar-refractivity contribution is 7.17. The van der Waals surface area contributed by atoms with Crippen LogP contribution in [0.2, 0.25) is 5.02 Å². The number of nitrogens with zero attached hydrogens (tertiary/aromatic N) is 5. The van der Waals surface area contributed by atoms with E-state index in [2.05, 4.69) is 46.0 Å². The van der Waals surface area contributed by atoms with E-state index in [-0.39, 0.29) is 29.3 Å². The Morgan fingerprint density at radius 3 is 2.57 bits per heavy atom. The Morgan fingerprint density at radius 2 is 1.87 bits per heavy atom. The molecule has 2 aromatic carbocycles. The van der Waals surface area contributed by atoms with Crippen molar-refractivity contribution in [2.24, 2.45) is 5.73 Å². The standard InChI is InChI=1S/C34H41ClN10O7S/c1-19-5-4-6-22(35)29(19)43-32(50)24-16-37-33(53-24)42-25-15-26(40-20(2)39-25)45-11-9-44(10-12-45)13-14-52-34(51-3)38-17-27(47)41-23-8-7-21(18-46)28(30(23)48)31(36)49/h4-8,15-16,34,38,46,48H,9-14,17-18H2,1-3H3,(H2,36,49)(H,41,47)(H,43,50)(H,37,39,40,42). The van der Waals surface area contributed by atoms with Crippen LogP contribution in [-0.4, -0.2) is 107 Å². The number of thiazole rings is 1. The smallest absolute Gasteiger partial charge is 0.267 e. The van der Waals surface area contributed by atoms with Gasteiger partial charge < -0.3 is 46.3 Å². The first-order valence-electron chi connectivity index (χ1n) is 16.5. The van der Waals surface area contributed by atoms with E-state index in [0.717, 1.165) is 24.5 Å². The summed E-state index contributed by atoms with van der Waals surface area (Å²) in [6.07, 6.45) is 0.628. The predicted octanol–water partition coefficient (Wildman–Crippen LogP) is 2.79. The van der Waals surface area contributed by atoms with E-state index in [1.54, 1.807) is 6.07 Å². The molecule has 0 aliphatic carbocycles. The summed E-state index contributed by atoms with van der Waals surface area (Å²) >= 11 is 7.47. The number of carbonyl (C=O) groups is 3. The zero-order chi connectivity index (χ0) is 38.1. The van der Waals surface area contributed by atoms with Crippen LogP contribution in [0.3, 0.4) is 0 Å². The van der Waals surface area contributed by atoms with Gasteiger partial charge in [-0.25, -0.2) is 15.0 Å². The van der Waals surface area contributed by atoms with Crippen molar-refractivity contribution >= 4 is 68.8 Å². The minimum absolute atomic E-state index is 0.0263. The summed E-state index contributed by atoms with van der Waals surface area (Å²) in [5, 5.41) is 32.1. The lowest BCUT2D eigenvalue weighted by atomic mass is 10.0. The Morgan fingerprint density at radius 1 is 1.09 bits per heavy atom. The molecule has 2 aromatic heterocycles. The van der Waals surface area contributed by atoms with Crippen molar-refractivity contribution in [2.75, 3.05) is 73.8 Å². The predicted molar refractivity (Wildman–Crippen MR) is 201 cm³/mol. The van der Waals surface area contributed by atoms with Gasteiger partial charge in [-0.2, -0.15) is 0 Å². The average molecular weight is 769 g/mol. The fraction of sp³-hybridized carbons (Fsp3) is 0.353. The maximum absolute atomic E-state index is 12.9. The largest absolute Gasteiger partial charge is 0.505 e. The number of carbonyl (C=O) groups excluding carboxylic acids is 3. The van der Waals surface area contributed by atoms with Crippen molar-refractivity contribution < 1.29 is 34.1 Å². The normalized spacial score (nSPS) is 13.8. The number of hydrogen-bond acceptors (Lipinski definition) is 15. The first-order valence-corrected chi connectivity index (χ1v) is 17.7. The number of nitrogens with two attached hydrogens (primary N) is 1. The molecule has 4 aromatic rings. The number of hydrogen-bond donors (Lipinski definition) is 7. The summed E-state index contributed by atoms with van der Waals surface area (Å²) in [4.78, 5) is 55.4. The van der Waals surface area contributed by atoms with E-state index >= 15 is 0 Å². The van der Waals surface area contributed by atoms with Crippen LogP contribution in [0.5, 0.6) is 5.75 Å². The SMILES string of the molecule is COC(NCC(=O)Nc1ccc(CO)c(C(N)=O)c1O)OCCN1CCN(c2cc(Nc3ncc(C(=O)Nc4c(C)cccc4Cl)s3)nc(C)n2)CC1. The van der Waals surface area contributed by atoms with Crippen molar-refractivity contribution in [3.63, 3.8) is 0 Å². The Labute approximate surface area is 314 Å². The maximum atomic E-state index is 12.9. The number of aliphatic hydroxyl groups excluding tert-OH is 1. The molecule has 1 atom stereocenters. The number of benzene rings is 2. The number of halogens is 1. The first kappa shape index (κ1) is 39.3. The second-order valence-electron chi connectivity index (χ2n) is 11.9. The van der Waals surface area contributed by atoms with Crippen LogP contribution >= 0.6 is 22.9 Å². The number of piperazine rings is 1. The lowest BCUT2D eigenvalue weighted by molar-refractivity contribution is -0.148. The van der Waals surface area contributed by atoms with Gasteiger partial charge in [-0.3, -0.25) is 24.6 Å². The number of phenols is 1. The van der Waals surface area contributed by atoms with Crippen LogP contribution in [0.15, 0.2) is 42.6 Å². The first-order chi connectivity index (χ1) is 25.4. The van der Waals surface area contributed by atoms with Gasteiger partial charge in [0, 0.05) is 45.9 Å². The minimum atomic E-state index is -0.932. The van der Waals surface area contributed by atoms with Gasteiger partial charge in [0.05, 0.1) is 47.9 Å². The molecule has 19 heteroatoms. The summed E-state index contributed by atoms with van der Waals surface area (Å²) in [5.74, 6) is -0.382. The Bertz CT molecular complexity index is 1920. The molecule has 17 nitrogen and oxygen atoms in total. The van der Waals surface area contributed by atoms with Crippen molar-refractivity contribution in [1.29, 1.82) is 0 Å². The van der Waals surface area contributed by atoms with Gasteiger partial charge in [0.15, 0.2) is 10.9 Å². The van der Waals surface area contributed by atoms with E-state index in [1.165, 1.54) is 36.8 Å². The van der Waals surface area contributed by atoms with Crippen molar-refractivity contribution in [1.82, 2.24) is 25.2 Å². The number of methoxy groups -OCH3 is 1. The molecular weight excluding hydrogens is 728 g/mol. The van der Waals surface area contributed by atoms with Gasteiger partial charge in [0.1, 0.15) is 22.3 Å². The van der Waals surface area contributed by atoms with Gasteiger partial charge in [-0.05, 0) is 37.1 Å². The molecule has 53 heavy (non-hydrogen) atoms. The molecule has 0 bridgehead atoms. The summed E-state index contributed by atoms with van der Waals surface area (Å²) in [6.45, 7) is 6.85. The van der Waals surface area contributed by atoms with E-state index < -0.39 is 30.6 Å². The van der Waals surface area contributed by atoms with Crippen molar-refractivity contribution in [3.05, 3.63) is 75.0 Å². The van der Waals surface area contributed by atoms with Crippen LogP contribution in [0.1, 0.15) is 37.0 Å². The van der Waals surface area contributed by atoms with Crippen LogP contribution in [0.25, 0.3) is 0 Å². The summed E-state index contributed by atoms with van der Waals surface area (Å²) in [6, 6.07) is 10.0. The number of amides is 3. The number of ether oxygens (including phenoxy) is 2. The van der Waals surface area contributed by atoms with Crippen molar-refractivity contribution in [2.45, 2.75) is 26.9 Å². The number of para-hydroxylation sites is 1. The van der Waals surface area contributed by atoms with Gasteiger partial charge in [-0.15, -0.1) is 0 Å². The van der Waals surface area contributed by atoms with Crippen molar-refractivity contribution in [3.8, 4) is 5.75 Å². The minimum Gasteiger partial charge on any atom is -0.505 e. The molecule has 1 aliphatic heterocycles. The number of aliphatic hydroxyl groups is 1. The highest BCUT2D eigenvalue weighted by Gasteiger charge is 2.22. The highest BCUT2D eigenvalue weighted by Crippen LogP contribution is 2.31. The van der Waals surface area contributed by atoms with E-state index in [4.69, 9.17) is 26.8 Å². The molecule has 8 N–H and O–H groups in total. The number of nitrogens with one attached hydrogen (secondary N) is 4. The quantitative estimate of drug-likeness (QED) is 0.0643. The van der Waals surface area contributed by atoms with Crippen LogP contribution < -0.4 is 31.9 Å². The van der Waals surface area contributed by atoms with Crippen LogP contribution in [-0.2, 0) is 20.9 Å². The lowest BCUT2D eigenvalue weighted by Crippen LogP contribution is -2.48. The third-order valence-corrected chi connectivity index (χ3v) is 9.45.